The van der Waals surface area contributed by atoms with Crippen LogP contribution in [0.4, 0.5) is 0 Å². The molecule has 1 fully saturated rings. The number of hydrogen-bond donors (Lipinski definition) is 2. The van der Waals surface area contributed by atoms with Crippen LogP contribution in [0.5, 0.6) is 0 Å². The third kappa shape index (κ3) is 1.44. The number of nitrogens with one attached hydrogen (secondary N) is 2. The Kier molecular flexibility index (Phi) is 2.17. The van der Waals surface area contributed by atoms with Crippen molar-refractivity contribution in [3.63, 3.8) is 0 Å². The molecule has 6 nitrogen and oxygen atoms in total. The summed E-state index contributed by atoms with van der Waals surface area (Å²) in [5.41, 5.74) is 0.183. The largest absolute Gasteiger partial charge is 0.336 e. The number of rotatable bonds is 2. The van der Waals surface area contributed by atoms with Crippen molar-refractivity contribution in [2.45, 2.75) is 38.6 Å². The molecule has 0 atom stereocenters. The molecule has 17 heavy (non-hydrogen) atoms. The summed E-state index contributed by atoms with van der Waals surface area (Å²) in [6.45, 7) is 1.96. The molecule has 0 aliphatic heterocycles. The number of aryl methyl sites for hydroxylation is 1. The summed E-state index contributed by atoms with van der Waals surface area (Å²) < 4.78 is 1.62. The molecule has 6 heteroatoms. The average molecular weight is 234 g/mol. The Hall–Kier alpha value is -1.85. The first kappa shape index (κ1) is 10.3. The zero-order valence-corrected chi connectivity index (χ0v) is 9.62. The summed E-state index contributed by atoms with van der Waals surface area (Å²) in [5, 5.41) is 0. The molecular weight excluding hydrogens is 220 g/mol. The molecule has 2 heterocycles. The van der Waals surface area contributed by atoms with Crippen LogP contribution >= 0.6 is 0 Å². The van der Waals surface area contributed by atoms with Crippen LogP contribution in [-0.4, -0.2) is 19.5 Å². The molecule has 0 unspecified atom stereocenters. The zero-order chi connectivity index (χ0) is 12.0. The molecule has 1 aliphatic rings. The van der Waals surface area contributed by atoms with Gasteiger partial charge in [-0.25, -0.2) is 9.78 Å². The lowest BCUT2D eigenvalue weighted by atomic mass is 9.93. The highest BCUT2D eigenvalue weighted by atomic mass is 16.2. The lowest BCUT2D eigenvalue weighted by Crippen LogP contribution is -2.35. The number of aromatic amines is 2. The highest BCUT2D eigenvalue weighted by Gasteiger charge is 2.24. The van der Waals surface area contributed by atoms with Gasteiger partial charge in [-0.05, 0) is 19.3 Å². The molecule has 0 saturated heterocycles. The molecule has 0 spiro atoms. The van der Waals surface area contributed by atoms with Gasteiger partial charge in [0.15, 0.2) is 5.65 Å². The van der Waals surface area contributed by atoms with Crippen LogP contribution in [0, 0.1) is 0 Å². The number of fused-ring (bicyclic) bond motifs is 1. The summed E-state index contributed by atoms with van der Waals surface area (Å²) in [5.74, 6) is 0.740. The minimum atomic E-state index is -0.382. The van der Waals surface area contributed by atoms with Crippen molar-refractivity contribution in [2.24, 2.45) is 0 Å². The fourth-order valence-corrected chi connectivity index (χ4v) is 2.21. The Balaban J connectivity index is 2.35. The van der Waals surface area contributed by atoms with Crippen molar-refractivity contribution < 1.29 is 0 Å². The van der Waals surface area contributed by atoms with Gasteiger partial charge in [0.25, 0.3) is 5.56 Å². The lowest BCUT2D eigenvalue weighted by Gasteiger charge is -2.27. The summed E-state index contributed by atoms with van der Waals surface area (Å²) >= 11 is 0. The van der Waals surface area contributed by atoms with Gasteiger partial charge in [-0.1, -0.05) is 6.92 Å². The minimum Gasteiger partial charge on any atom is -0.336 e. The monoisotopic (exact) mass is 234 g/mol. The van der Waals surface area contributed by atoms with Crippen molar-refractivity contribution in [1.82, 2.24) is 19.5 Å². The van der Waals surface area contributed by atoms with E-state index in [4.69, 9.17) is 0 Å². The van der Waals surface area contributed by atoms with E-state index in [9.17, 15) is 9.59 Å². The van der Waals surface area contributed by atoms with E-state index in [-0.39, 0.29) is 17.3 Å². The van der Waals surface area contributed by atoms with Crippen LogP contribution in [0.2, 0.25) is 0 Å². The molecule has 2 N–H and O–H groups in total. The van der Waals surface area contributed by atoms with Crippen molar-refractivity contribution in [3.05, 3.63) is 26.7 Å². The van der Waals surface area contributed by atoms with Crippen LogP contribution in [0.15, 0.2) is 9.59 Å². The number of aromatic nitrogens is 4. The zero-order valence-electron chi connectivity index (χ0n) is 9.62. The third-order valence-corrected chi connectivity index (χ3v) is 3.40. The van der Waals surface area contributed by atoms with Crippen molar-refractivity contribution in [1.29, 1.82) is 0 Å². The maximum atomic E-state index is 11.8. The summed E-state index contributed by atoms with van der Waals surface area (Å²) in [4.78, 5) is 33.2. The van der Waals surface area contributed by atoms with E-state index in [0.717, 1.165) is 25.1 Å². The molecule has 3 rings (SSSR count). The second-order valence-electron chi connectivity index (χ2n) is 4.45. The van der Waals surface area contributed by atoms with Gasteiger partial charge in [0.1, 0.15) is 11.3 Å². The molecule has 90 valence electrons. The van der Waals surface area contributed by atoms with Crippen LogP contribution in [-0.2, 0) is 6.42 Å². The van der Waals surface area contributed by atoms with Crippen molar-refractivity contribution in [2.75, 3.05) is 0 Å². The van der Waals surface area contributed by atoms with Crippen molar-refractivity contribution in [3.8, 4) is 0 Å². The molecule has 0 bridgehead atoms. The normalized spacial score (nSPS) is 16.3. The predicted molar refractivity (Wildman–Crippen MR) is 63.2 cm³/mol. The molecule has 2 aromatic rings. The second-order valence-corrected chi connectivity index (χ2v) is 4.45. The van der Waals surface area contributed by atoms with E-state index >= 15 is 0 Å². The Bertz CT molecular complexity index is 675. The van der Waals surface area contributed by atoms with Gasteiger partial charge in [0.05, 0.1) is 0 Å². The molecule has 2 aromatic heterocycles. The summed E-state index contributed by atoms with van der Waals surface area (Å²) in [6, 6.07) is 0.190. The number of imidazole rings is 1. The summed E-state index contributed by atoms with van der Waals surface area (Å²) in [7, 11) is 0. The second kappa shape index (κ2) is 3.58. The van der Waals surface area contributed by atoms with E-state index in [2.05, 4.69) is 15.0 Å². The van der Waals surface area contributed by atoms with Gasteiger partial charge in [0.2, 0.25) is 0 Å². The molecule has 1 saturated carbocycles. The molecule has 0 radical (unpaired) electrons. The first-order chi connectivity index (χ1) is 8.20. The van der Waals surface area contributed by atoms with E-state index in [1.54, 1.807) is 4.57 Å². The predicted octanol–water partition coefficient (Wildman–Crippen LogP) is 0.700. The van der Waals surface area contributed by atoms with Gasteiger partial charge in [-0.2, -0.15) is 0 Å². The highest BCUT2D eigenvalue weighted by Crippen LogP contribution is 2.31. The first-order valence-electron chi connectivity index (χ1n) is 5.94. The van der Waals surface area contributed by atoms with Gasteiger partial charge in [-0.3, -0.25) is 14.3 Å². The van der Waals surface area contributed by atoms with E-state index in [0.29, 0.717) is 17.6 Å². The van der Waals surface area contributed by atoms with Gasteiger partial charge in [0, 0.05) is 12.5 Å². The third-order valence-electron chi connectivity index (χ3n) is 3.40. The van der Waals surface area contributed by atoms with E-state index in [1.165, 1.54) is 0 Å². The smallest absolute Gasteiger partial charge is 0.330 e. The maximum absolute atomic E-state index is 11.8. The topological polar surface area (TPSA) is 83.5 Å². The van der Waals surface area contributed by atoms with Gasteiger partial charge >= 0.3 is 5.69 Å². The Morgan fingerprint density at radius 2 is 2.12 bits per heavy atom. The molecule has 0 amide bonds. The quantitative estimate of drug-likeness (QED) is 0.802. The Morgan fingerprint density at radius 1 is 1.35 bits per heavy atom. The maximum Gasteiger partial charge on any atom is 0.330 e. The SMILES string of the molecule is CCc1nc2c([nH]1)c(=O)[nH]c(=O)n2C1CCC1. The van der Waals surface area contributed by atoms with Gasteiger partial charge < -0.3 is 4.98 Å². The molecule has 1 aliphatic carbocycles. The number of H-pyrrole nitrogens is 2. The van der Waals surface area contributed by atoms with E-state index < -0.39 is 0 Å². The highest BCUT2D eigenvalue weighted by molar-refractivity contribution is 5.69. The Labute approximate surface area is 96.7 Å². The molecule has 0 aromatic carbocycles. The van der Waals surface area contributed by atoms with E-state index in [1.807, 2.05) is 6.92 Å². The fraction of sp³-hybridized carbons (Fsp3) is 0.545. The van der Waals surface area contributed by atoms with Crippen molar-refractivity contribution >= 4 is 11.2 Å². The van der Waals surface area contributed by atoms with Crippen LogP contribution < -0.4 is 11.2 Å². The average Bonchev–Trinajstić information content (AvgIpc) is 2.65. The van der Waals surface area contributed by atoms with Crippen LogP contribution in [0.25, 0.3) is 11.2 Å². The standard InChI is InChI=1S/C11H14N4O2/c1-2-7-12-8-9(13-7)15(6-4-3-5-6)11(17)14-10(8)16/h6H,2-5H2,1H3,(H,12,13)(H,14,16,17). The number of hydrogen-bond acceptors (Lipinski definition) is 3. The minimum absolute atomic E-state index is 0.190. The lowest BCUT2D eigenvalue weighted by molar-refractivity contribution is 0.310. The fourth-order valence-electron chi connectivity index (χ4n) is 2.21. The van der Waals surface area contributed by atoms with Gasteiger partial charge in [-0.15, -0.1) is 0 Å². The van der Waals surface area contributed by atoms with Crippen LogP contribution in [0.3, 0.4) is 0 Å². The molecular formula is C11H14N4O2. The number of nitrogens with zero attached hydrogens (tertiary/aromatic N) is 2. The van der Waals surface area contributed by atoms with Crippen LogP contribution in [0.1, 0.15) is 38.1 Å². The summed E-state index contributed by atoms with van der Waals surface area (Å²) in [6.07, 6.45) is 3.81. The Morgan fingerprint density at radius 3 is 2.71 bits per heavy atom. The first-order valence-corrected chi connectivity index (χ1v) is 5.94.